The third kappa shape index (κ3) is 3.70. The van der Waals surface area contributed by atoms with E-state index in [1.807, 2.05) is 6.07 Å². The van der Waals surface area contributed by atoms with Gasteiger partial charge in [-0.1, -0.05) is 20.8 Å². The molecule has 4 heteroatoms. The van der Waals surface area contributed by atoms with Gasteiger partial charge in [-0.2, -0.15) is 0 Å². The van der Waals surface area contributed by atoms with Crippen molar-refractivity contribution in [2.24, 2.45) is 0 Å². The lowest BCUT2D eigenvalue weighted by Gasteiger charge is -2.38. The molecule has 1 aliphatic rings. The van der Waals surface area contributed by atoms with Crippen LogP contribution in [0.2, 0.25) is 0 Å². The van der Waals surface area contributed by atoms with Crippen molar-refractivity contribution in [1.82, 2.24) is 5.32 Å². The topological polar surface area (TPSA) is 24.5 Å². The fraction of sp³-hybridized carbons (Fsp3) is 0.625. The Bertz CT molecular complexity index is 436. The van der Waals surface area contributed by atoms with E-state index in [4.69, 9.17) is 4.74 Å². The first-order valence-corrected chi connectivity index (χ1v) is 7.48. The van der Waals surface area contributed by atoms with E-state index in [0.717, 1.165) is 37.4 Å². The molecule has 3 nitrogen and oxygen atoms in total. The predicted octanol–water partition coefficient (Wildman–Crippen LogP) is 2.94. The van der Waals surface area contributed by atoms with E-state index >= 15 is 0 Å². The number of anilines is 1. The Kier molecular flexibility index (Phi) is 5.38. The molecule has 0 bridgehead atoms. The van der Waals surface area contributed by atoms with Crippen molar-refractivity contribution >= 4 is 5.69 Å². The second-order valence-electron chi connectivity index (χ2n) is 5.64. The monoisotopic (exact) mass is 280 g/mol. The van der Waals surface area contributed by atoms with Crippen molar-refractivity contribution in [2.45, 2.75) is 45.8 Å². The highest BCUT2D eigenvalue weighted by molar-refractivity contribution is 5.55. The minimum absolute atomic E-state index is 0.171. The van der Waals surface area contributed by atoms with Gasteiger partial charge < -0.3 is 15.0 Å². The lowest BCUT2D eigenvalue weighted by molar-refractivity contribution is 0.0929. The molecule has 112 valence electrons. The van der Waals surface area contributed by atoms with Crippen LogP contribution in [-0.2, 0) is 11.3 Å². The van der Waals surface area contributed by atoms with Crippen LogP contribution in [0.3, 0.4) is 0 Å². The van der Waals surface area contributed by atoms with Gasteiger partial charge in [-0.25, -0.2) is 4.39 Å². The van der Waals surface area contributed by atoms with Crippen molar-refractivity contribution in [3.63, 3.8) is 0 Å². The normalized spacial score (nSPS) is 19.6. The van der Waals surface area contributed by atoms with Crippen LogP contribution in [0, 0.1) is 5.82 Å². The molecule has 2 rings (SSSR count). The Morgan fingerprint density at radius 2 is 2.25 bits per heavy atom. The number of benzene rings is 1. The fourth-order valence-corrected chi connectivity index (χ4v) is 2.60. The van der Waals surface area contributed by atoms with Crippen LogP contribution in [0.4, 0.5) is 10.1 Å². The van der Waals surface area contributed by atoms with Crippen LogP contribution < -0.4 is 10.2 Å². The molecule has 0 aliphatic carbocycles. The number of hydrogen-bond donors (Lipinski definition) is 1. The third-order valence-corrected chi connectivity index (χ3v) is 3.75. The van der Waals surface area contributed by atoms with Gasteiger partial charge in [0.25, 0.3) is 0 Å². The first-order valence-electron chi connectivity index (χ1n) is 7.48. The Morgan fingerprint density at radius 1 is 1.45 bits per heavy atom. The maximum atomic E-state index is 13.5. The van der Waals surface area contributed by atoms with Gasteiger partial charge >= 0.3 is 0 Å². The van der Waals surface area contributed by atoms with Gasteiger partial charge in [0.15, 0.2) is 0 Å². The van der Waals surface area contributed by atoms with E-state index in [-0.39, 0.29) is 5.82 Å². The largest absolute Gasteiger partial charge is 0.377 e. The Morgan fingerprint density at radius 3 is 2.95 bits per heavy atom. The average molecular weight is 280 g/mol. The number of morpholine rings is 1. The van der Waals surface area contributed by atoms with Gasteiger partial charge in [-0.05, 0) is 30.2 Å². The van der Waals surface area contributed by atoms with Gasteiger partial charge in [0.1, 0.15) is 5.82 Å². The molecule has 1 aromatic carbocycles. The minimum Gasteiger partial charge on any atom is -0.377 e. The summed E-state index contributed by atoms with van der Waals surface area (Å²) in [6.45, 7) is 9.43. The molecular formula is C16H25FN2O. The highest BCUT2D eigenvalue weighted by atomic mass is 19.1. The minimum atomic E-state index is -0.171. The number of halogens is 1. The summed E-state index contributed by atoms with van der Waals surface area (Å²) < 4.78 is 19.1. The molecule has 1 heterocycles. The zero-order valence-electron chi connectivity index (χ0n) is 12.7. The van der Waals surface area contributed by atoms with Crippen LogP contribution in [-0.4, -0.2) is 31.8 Å². The molecule has 1 saturated heterocycles. The molecule has 0 amide bonds. The molecule has 0 aromatic heterocycles. The summed E-state index contributed by atoms with van der Waals surface area (Å²) in [7, 11) is 0. The SMILES string of the molecule is CCC1COCCN1c1ccc(F)cc1CNC(C)C. The average Bonchev–Trinajstić information content (AvgIpc) is 2.45. The van der Waals surface area contributed by atoms with Crippen LogP contribution >= 0.6 is 0 Å². The predicted molar refractivity (Wildman–Crippen MR) is 80.6 cm³/mol. The van der Waals surface area contributed by atoms with E-state index in [2.05, 4.69) is 31.0 Å². The highest BCUT2D eigenvalue weighted by Gasteiger charge is 2.23. The second kappa shape index (κ2) is 7.04. The maximum Gasteiger partial charge on any atom is 0.123 e. The van der Waals surface area contributed by atoms with E-state index in [9.17, 15) is 4.39 Å². The first-order chi connectivity index (χ1) is 9.61. The summed E-state index contributed by atoms with van der Waals surface area (Å²) in [4.78, 5) is 2.36. The zero-order chi connectivity index (χ0) is 14.5. The highest BCUT2D eigenvalue weighted by Crippen LogP contribution is 2.26. The van der Waals surface area contributed by atoms with Gasteiger partial charge in [0.05, 0.1) is 19.3 Å². The Hall–Kier alpha value is -1.13. The number of rotatable bonds is 5. The number of nitrogens with zero attached hydrogens (tertiary/aromatic N) is 1. The van der Waals surface area contributed by atoms with Gasteiger partial charge in [0, 0.05) is 24.8 Å². The van der Waals surface area contributed by atoms with Gasteiger partial charge in [-0.3, -0.25) is 0 Å². The fourth-order valence-electron chi connectivity index (χ4n) is 2.60. The quantitative estimate of drug-likeness (QED) is 0.897. The molecular weight excluding hydrogens is 255 g/mol. The maximum absolute atomic E-state index is 13.5. The van der Waals surface area contributed by atoms with Crippen molar-refractivity contribution in [3.8, 4) is 0 Å². The van der Waals surface area contributed by atoms with Crippen molar-refractivity contribution < 1.29 is 9.13 Å². The van der Waals surface area contributed by atoms with E-state index in [1.165, 1.54) is 0 Å². The van der Waals surface area contributed by atoms with E-state index < -0.39 is 0 Å². The molecule has 1 aliphatic heterocycles. The summed E-state index contributed by atoms with van der Waals surface area (Å²) in [6, 6.07) is 5.87. The van der Waals surface area contributed by atoms with Crippen LogP contribution in [0.5, 0.6) is 0 Å². The second-order valence-corrected chi connectivity index (χ2v) is 5.64. The molecule has 1 N–H and O–H groups in total. The van der Waals surface area contributed by atoms with Crippen molar-refractivity contribution in [2.75, 3.05) is 24.7 Å². The van der Waals surface area contributed by atoms with E-state index in [0.29, 0.717) is 18.6 Å². The van der Waals surface area contributed by atoms with E-state index in [1.54, 1.807) is 12.1 Å². The van der Waals surface area contributed by atoms with Crippen LogP contribution in [0.25, 0.3) is 0 Å². The van der Waals surface area contributed by atoms with Crippen molar-refractivity contribution in [1.29, 1.82) is 0 Å². The van der Waals surface area contributed by atoms with Crippen molar-refractivity contribution in [3.05, 3.63) is 29.6 Å². The lowest BCUT2D eigenvalue weighted by atomic mass is 10.1. The standard InChI is InChI=1S/C16H25FN2O/c1-4-15-11-20-8-7-19(15)16-6-5-14(17)9-13(16)10-18-12(2)3/h5-6,9,12,15,18H,4,7-8,10-11H2,1-3H3. The lowest BCUT2D eigenvalue weighted by Crippen LogP contribution is -2.45. The smallest absolute Gasteiger partial charge is 0.123 e. The number of nitrogens with one attached hydrogen (secondary N) is 1. The zero-order valence-corrected chi connectivity index (χ0v) is 12.7. The molecule has 0 radical (unpaired) electrons. The summed E-state index contributed by atoms with van der Waals surface area (Å²) in [5.74, 6) is -0.171. The van der Waals surface area contributed by atoms with Gasteiger partial charge in [-0.15, -0.1) is 0 Å². The van der Waals surface area contributed by atoms with Gasteiger partial charge in [0.2, 0.25) is 0 Å². The number of hydrogen-bond acceptors (Lipinski definition) is 3. The summed E-state index contributed by atoms with van der Waals surface area (Å²) >= 11 is 0. The molecule has 0 spiro atoms. The third-order valence-electron chi connectivity index (χ3n) is 3.75. The summed E-state index contributed by atoms with van der Waals surface area (Å²) in [5, 5.41) is 3.38. The van der Waals surface area contributed by atoms with Crippen LogP contribution in [0.1, 0.15) is 32.8 Å². The molecule has 1 aromatic rings. The molecule has 1 unspecified atom stereocenters. The van der Waals surface area contributed by atoms with Crippen LogP contribution in [0.15, 0.2) is 18.2 Å². The molecule has 1 atom stereocenters. The molecule has 1 fully saturated rings. The summed E-state index contributed by atoms with van der Waals surface area (Å²) in [6.07, 6.45) is 1.04. The number of ether oxygens (including phenoxy) is 1. The summed E-state index contributed by atoms with van der Waals surface area (Å²) in [5.41, 5.74) is 2.16. The molecule has 0 saturated carbocycles. The Labute approximate surface area is 121 Å². The molecule has 20 heavy (non-hydrogen) atoms. The first kappa shape index (κ1) is 15.3. The Balaban J connectivity index is 2.24.